The fraction of sp³-hybridized carbons (Fsp3) is 0.462. The lowest BCUT2D eigenvalue weighted by Crippen LogP contribution is -1.99. The van der Waals surface area contributed by atoms with E-state index in [2.05, 4.69) is 0 Å². The van der Waals surface area contributed by atoms with E-state index in [9.17, 15) is 9.90 Å². The van der Waals surface area contributed by atoms with Crippen molar-refractivity contribution in [3.63, 3.8) is 0 Å². The van der Waals surface area contributed by atoms with Crippen molar-refractivity contribution < 1.29 is 15.0 Å². The highest BCUT2D eigenvalue weighted by Gasteiger charge is 2.09. The maximum Gasteiger partial charge on any atom is 0.303 e. The molecule has 3 heteroatoms. The summed E-state index contributed by atoms with van der Waals surface area (Å²) >= 11 is 0. The molecule has 1 aromatic carbocycles. The van der Waals surface area contributed by atoms with Crippen LogP contribution in [-0.4, -0.2) is 16.2 Å². The van der Waals surface area contributed by atoms with Gasteiger partial charge in [-0.25, -0.2) is 0 Å². The molecule has 0 bridgehead atoms. The number of hydrogen-bond donors (Lipinski definition) is 2. The quantitative estimate of drug-likeness (QED) is 0.823. The number of carbonyl (C=O) groups is 1. The van der Waals surface area contributed by atoms with Crippen molar-refractivity contribution in [2.24, 2.45) is 0 Å². The first kappa shape index (κ1) is 12.6. The molecule has 0 aromatic heterocycles. The first-order valence-electron chi connectivity index (χ1n) is 5.44. The summed E-state index contributed by atoms with van der Waals surface area (Å²) in [6.45, 7) is 5.71. The Morgan fingerprint density at radius 1 is 1.25 bits per heavy atom. The van der Waals surface area contributed by atoms with Crippen molar-refractivity contribution in [3.8, 4) is 5.75 Å². The van der Waals surface area contributed by atoms with Crippen LogP contribution in [0, 0.1) is 20.8 Å². The van der Waals surface area contributed by atoms with Crippen LogP contribution in [0.4, 0.5) is 0 Å². The zero-order valence-corrected chi connectivity index (χ0v) is 10.0. The van der Waals surface area contributed by atoms with Crippen LogP contribution in [0.15, 0.2) is 6.07 Å². The molecule has 0 aliphatic rings. The smallest absolute Gasteiger partial charge is 0.303 e. The predicted molar refractivity (Wildman–Crippen MR) is 62.9 cm³/mol. The van der Waals surface area contributed by atoms with Gasteiger partial charge in [-0.1, -0.05) is 6.07 Å². The van der Waals surface area contributed by atoms with Crippen LogP contribution in [0.3, 0.4) is 0 Å². The van der Waals surface area contributed by atoms with Gasteiger partial charge < -0.3 is 10.2 Å². The highest BCUT2D eigenvalue weighted by Crippen LogP contribution is 2.28. The van der Waals surface area contributed by atoms with Crippen LogP contribution < -0.4 is 0 Å². The summed E-state index contributed by atoms with van der Waals surface area (Å²) in [5.41, 5.74) is 3.95. The van der Waals surface area contributed by atoms with E-state index in [0.29, 0.717) is 12.2 Å². The minimum absolute atomic E-state index is 0.193. The molecule has 1 rings (SSSR count). The second-order valence-corrected chi connectivity index (χ2v) is 4.20. The number of carboxylic acid groups (broad SMARTS) is 1. The summed E-state index contributed by atoms with van der Waals surface area (Å²) in [4.78, 5) is 10.4. The number of benzene rings is 1. The van der Waals surface area contributed by atoms with Gasteiger partial charge in [-0.2, -0.15) is 0 Å². The minimum Gasteiger partial charge on any atom is -0.507 e. The largest absolute Gasteiger partial charge is 0.507 e. The molecule has 0 fully saturated rings. The van der Waals surface area contributed by atoms with E-state index in [-0.39, 0.29) is 6.42 Å². The summed E-state index contributed by atoms with van der Waals surface area (Å²) in [6.07, 6.45) is 1.58. The van der Waals surface area contributed by atoms with Gasteiger partial charge in [0.1, 0.15) is 5.75 Å². The summed E-state index contributed by atoms with van der Waals surface area (Å²) in [6, 6.07) is 1.94. The Balaban J connectivity index is 2.85. The third-order valence-electron chi connectivity index (χ3n) is 3.00. The zero-order valence-electron chi connectivity index (χ0n) is 10.0. The summed E-state index contributed by atoms with van der Waals surface area (Å²) in [5.74, 6) is -0.413. The molecular weight excluding hydrogens is 204 g/mol. The van der Waals surface area contributed by atoms with Crippen molar-refractivity contribution >= 4 is 5.97 Å². The van der Waals surface area contributed by atoms with Gasteiger partial charge in [-0.05, 0) is 55.9 Å². The number of carboxylic acids is 1. The molecule has 0 saturated carbocycles. The third kappa shape index (κ3) is 2.75. The van der Waals surface area contributed by atoms with Gasteiger partial charge in [-0.3, -0.25) is 4.79 Å². The normalized spacial score (nSPS) is 10.4. The van der Waals surface area contributed by atoms with Crippen molar-refractivity contribution in [1.82, 2.24) is 0 Å². The standard InChI is InChI=1S/C13H18O3/c1-8-7-11(5-4-6-12(14)15)9(2)10(3)13(8)16/h7,16H,4-6H2,1-3H3,(H,14,15). The summed E-state index contributed by atoms with van der Waals surface area (Å²) < 4.78 is 0. The van der Waals surface area contributed by atoms with Crippen LogP contribution in [0.25, 0.3) is 0 Å². The van der Waals surface area contributed by atoms with Crippen molar-refractivity contribution in [3.05, 3.63) is 28.3 Å². The number of phenolic OH excluding ortho intramolecular Hbond substituents is 1. The number of rotatable bonds is 4. The summed E-state index contributed by atoms with van der Waals surface area (Å²) in [5, 5.41) is 18.3. The molecule has 0 atom stereocenters. The van der Waals surface area contributed by atoms with Crippen LogP contribution in [-0.2, 0) is 11.2 Å². The Kier molecular flexibility index (Phi) is 3.93. The molecular formula is C13H18O3. The number of aryl methyl sites for hydroxylation is 2. The van der Waals surface area contributed by atoms with E-state index in [1.165, 1.54) is 0 Å². The second-order valence-electron chi connectivity index (χ2n) is 4.20. The first-order valence-corrected chi connectivity index (χ1v) is 5.44. The maximum atomic E-state index is 10.4. The topological polar surface area (TPSA) is 57.5 Å². The summed E-state index contributed by atoms with van der Waals surface area (Å²) in [7, 11) is 0. The fourth-order valence-corrected chi connectivity index (χ4v) is 1.84. The van der Waals surface area contributed by atoms with E-state index in [0.717, 1.165) is 28.7 Å². The van der Waals surface area contributed by atoms with E-state index in [1.807, 2.05) is 26.8 Å². The van der Waals surface area contributed by atoms with Gasteiger partial charge in [0.25, 0.3) is 0 Å². The van der Waals surface area contributed by atoms with Crippen LogP contribution in [0.1, 0.15) is 35.1 Å². The SMILES string of the molecule is Cc1cc(CCCC(=O)O)c(C)c(C)c1O. The number of phenols is 1. The van der Waals surface area contributed by atoms with Gasteiger partial charge in [-0.15, -0.1) is 0 Å². The lowest BCUT2D eigenvalue weighted by Gasteiger charge is -2.12. The molecule has 0 saturated heterocycles. The molecule has 0 spiro atoms. The molecule has 16 heavy (non-hydrogen) atoms. The average Bonchev–Trinajstić information content (AvgIpc) is 2.22. The van der Waals surface area contributed by atoms with Gasteiger partial charge in [0.05, 0.1) is 0 Å². The van der Waals surface area contributed by atoms with Crippen LogP contribution >= 0.6 is 0 Å². The van der Waals surface area contributed by atoms with Crippen LogP contribution in [0.2, 0.25) is 0 Å². The van der Waals surface area contributed by atoms with E-state index in [4.69, 9.17) is 5.11 Å². The third-order valence-corrected chi connectivity index (χ3v) is 3.00. The molecule has 0 amide bonds. The Hall–Kier alpha value is -1.51. The Morgan fingerprint density at radius 3 is 2.44 bits per heavy atom. The highest BCUT2D eigenvalue weighted by atomic mass is 16.4. The Labute approximate surface area is 95.7 Å². The number of hydrogen-bond acceptors (Lipinski definition) is 2. The van der Waals surface area contributed by atoms with Crippen LogP contribution in [0.5, 0.6) is 5.75 Å². The monoisotopic (exact) mass is 222 g/mol. The molecule has 1 aromatic rings. The molecule has 88 valence electrons. The predicted octanol–water partition coefficient (Wildman–Crippen LogP) is 2.72. The van der Waals surface area contributed by atoms with Gasteiger partial charge in [0.2, 0.25) is 0 Å². The second kappa shape index (κ2) is 5.01. The van der Waals surface area contributed by atoms with E-state index >= 15 is 0 Å². The molecule has 2 N–H and O–H groups in total. The molecule has 0 aliphatic carbocycles. The lowest BCUT2D eigenvalue weighted by molar-refractivity contribution is -0.137. The van der Waals surface area contributed by atoms with E-state index < -0.39 is 5.97 Å². The Morgan fingerprint density at radius 2 is 1.88 bits per heavy atom. The molecule has 0 heterocycles. The van der Waals surface area contributed by atoms with Gasteiger partial charge in [0.15, 0.2) is 0 Å². The molecule has 0 radical (unpaired) electrons. The Bertz CT molecular complexity index is 408. The first-order chi connectivity index (χ1) is 7.43. The fourth-order valence-electron chi connectivity index (χ4n) is 1.84. The average molecular weight is 222 g/mol. The molecule has 0 aliphatic heterocycles. The minimum atomic E-state index is -0.759. The van der Waals surface area contributed by atoms with Crippen molar-refractivity contribution in [1.29, 1.82) is 0 Å². The van der Waals surface area contributed by atoms with Gasteiger partial charge >= 0.3 is 5.97 Å². The maximum absolute atomic E-state index is 10.4. The zero-order chi connectivity index (χ0) is 12.3. The molecule has 3 nitrogen and oxygen atoms in total. The molecule has 0 unspecified atom stereocenters. The highest BCUT2D eigenvalue weighted by molar-refractivity contribution is 5.66. The lowest BCUT2D eigenvalue weighted by atomic mass is 9.95. The van der Waals surface area contributed by atoms with E-state index in [1.54, 1.807) is 0 Å². The van der Waals surface area contributed by atoms with Gasteiger partial charge in [0, 0.05) is 6.42 Å². The number of aliphatic carboxylic acids is 1. The number of aromatic hydroxyl groups is 1. The van der Waals surface area contributed by atoms with Crippen molar-refractivity contribution in [2.75, 3.05) is 0 Å². The van der Waals surface area contributed by atoms with Crippen molar-refractivity contribution in [2.45, 2.75) is 40.0 Å².